The van der Waals surface area contributed by atoms with Gasteiger partial charge in [0.25, 0.3) is 0 Å². The van der Waals surface area contributed by atoms with E-state index in [4.69, 9.17) is 0 Å². The van der Waals surface area contributed by atoms with Gasteiger partial charge in [0.15, 0.2) is 0 Å². The van der Waals surface area contributed by atoms with Gasteiger partial charge in [-0.1, -0.05) is 41.5 Å². The maximum Gasteiger partial charge on any atom is 0.0306 e. The molecule has 0 amide bonds. The lowest BCUT2D eigenvalue weighted by Crippen LogP contribution is -2.57. The highest BCUT2D eigenvalue weighted by atomic mass is 15.2. The van der Waals surface area contributed by atoms with E-state index >= 15 is 0 Å². The monoisotopic (exact) mass is 256 g/mol. The predicted molar refractivity (Wildman–Crippen MR) is 83.2 cm³/mol. The summed E-state index contributed by atoms with van der Waals surface area (Å²) in [5, 5.41) is 3.70. The average molecular weight is 256 g/mol. The van der Waals surface area contributed by atoms with Crippen LogP contribution >= 0.6 is 0 Å². The Morgan fingerprint density at radius 1 is 0.944 bits per heavy atom. The van der Waals surface area contributed by atoms with Gasteiger partial charge in [0.1, 0.15) is 0 Å². The quantitative estimate of drug-likeness (QED) is 0.708. The Balaban J connectivity index is 4.74. The van der Waals surface area contributed by atoms with Gasteiger partial charge in [0.2, 0.25) is 0 Å². The Bertz CT molecular complexity index is 212. The molecule has 18 heavy (non-hydrogen) atoms. The summed E-state index contributed by atoms with van der Waals surface area (Å²) in [5.74, 6) is 0. The fraction of sp³-hybridized carbons (Fsp3) is 1.00. The van der Waals surface area contributed by atoms with Crippen LogP contribution < -0.4 is 5.32 Å². The molecule has 0 bridgehead atoms. The number of hydrogen-bond donors (Lipinski definition) is 1. The van der Waals surface area contributed by atoms with Crippen molar-refractivity contribution in [3.8, 4) is 0 Å². The van der Waals surface area contributed by atoms with Gasteiger partial charge in [0.05, 0.1) is 0 Å². The third-order valence-electron chi connectivity index (χ3n) is 4.06. The van der Waals surface area contributed by atoms with Crippen molar-refractivity contribution < 1.29 is 0 Å². The molecule has 0 aromatic heterocycles. The molecule has 0 rings (SSSR count). The van der Waals surface area contributed by atoms with E-state index in [-0.39, 0.29) is 5.54 Å². The van der Waals surface area contributed by atoms with Crippen molar-refractivity contribution in [2.45, 2.75) is 79.8 Å². The molecule has 0 aromatic carbocycles. The molecule has 1 atom stereocenters. The Morgan fingerprint density at radius 2 is 1.44 bits per heavy atom. The zero-order valence-electron chi connectivity index (χ0n) is 14.1. The van der Waals surface area contributed by atoms with Crippen LogP contribution in [0.15, 0.2) is 0 Å². The summed E-state index contributed by atoms with van der Waals surface area (Å²) >= 11 is 0. The lowest BCUT2D eigenvalue weighted by atomic mass is 9.82. The van der Waals surface area contributed by atoms with Crippen LogP contribution in [0.1, 0.15) is 68.2 Å². The Hall–Kier alpha value is -0.0800. The van der Waals surface area contributed by atoms with Crippen molar-refractivity contribution in [1.29, 1.82) is 0 Å². The summed E-state index contributed by atoms with van der Waals surface area (Å²) in [6.45, 7) is 21.8. The molecule has 0 spiro atoms. The van der Waals surface area contributed by atoms with Crippen LogP contribution in [0.5, 0.6) is 0 Å². The van der Waals surface area contributed by atoms with Gasteiger partial charge in [0, 0.05) is 11.6 Å². The minimum Gasteiger partial charge on any atom is -0.312 e. The molecule has 0 aliphatic rings. The van der Waals surface area contributed by atoms with E-state index in [0.717, 1.165) is 19.6 Å². The summed E-state index contributed by atoms with van der Waals surface area (Å²) in [6, 6.07) is 0.571. The second-order valence-electron chi connectivity index (χ2n) is 7.04. The van der Waals surface area contributed by atoms with E-state index in [1.54, 1.807) is 0 Å². The maximum atomic E-state index is 3.70. The zero-order chi connectivity index (χ0) is 14.4. The molecule has 1 unspecified atom stereocenters. The summed E-state index contributed by atoms with van der Waals surface area (Å²) in [4.78, 5) is 2.57. The first-order valence-corrected chi connectivity index (χ1v) is 7.67. The maximum absolute atomic E-state index is 3.70. The molecule has 2 nitrogen and oxygen atoms in total. The van der Waals surface area contributed by atoms with E-state index in [1.165, 1.54) is 12.8 Å². The van der Waals surface area contributed by atoms with Gasteiger partial charge in [-0.2, -0.15) is 0 Å². The summed E-state index contributed by atoms with van der Waals surface area (Å²) in [7, 11) is 0. The third-order valence-corrected chi connectivity index (χ3v) is 4.06. The molecule has 0 radical (unpaired) electrons. The van der Waals surface area contributed by atoms with Crippen molar-refractivity contribution in [2.75, 3.05) is 19.6 Å². The van der Waals surface area contributed by atoms with Crippen LogP contribution in [-0.4, -0.2) is 36.1 Å². The van der Waals surface area contributed by atoms with Crippen LogP contribution in [0.4, 0.5) is 0 Å². The van der Waals surface area contributed by atoms with Gasteiger partial charge in [-0.25, -0.2) is 0 Å². The second kappa shape index (κ2) is 7.49. The average Bonchev–Trinajstić information content (AvgIpc) is 2.23. The normalized spacial score (nSPS) is 15.2. The standard InChI is InChI=1S/C16H36N2/c1-9-17-14(12-13-15(4,5)6)16(7,8)18(10-2)11-3/h14,17H,9-13H2,1-8H3. The van der Waals surface area contributed by atoms with Crippen LogP contribution in [0.25, 0.3) is 0 Å². The number of nitrogens with zero attached hydrogens (tertiary/aromatic N) is 1. The minimum absolute atomic E-state index is 0.227. The van der Waals surface area contributed by atoms with Crippen LogP contribution in [0.2, 0.25) is 0 Å². The van der Waals surface area contributed by atoms with Gasteiger partial charge < -0.3 is 5.32 Å². The first-order valence-electron chi connectivity index (χ1n) is 7.67. The van der Waals surface area contributed by atoms with Crippen molar-refractivity contribution in [3.63, 3.8) is 0 Å². The van der Waals surface area contributed by atoms with E-state index in [9.17, 15) is 0 Å². The number of rotatable bonds is 8. The van der Waals surface area contributed by atoms with E-state index in [0.29, 0.717) is 11.5 Å². The van der Waals surface area contributed by atoms with E-state index in [2.05, 4.69) is 65.6 Å². The SMILES string of the molecule is CCNC(CCC(C)(C)C)C(C)(C)N(CC)CC. The molecule has 0 saturated heterocycles. The van der Waals surface area contributed by atoms with Gasteiger partial charge in [-0.3, -0.25) is 4.90 Å². The van der Waals surface area contributed by atoms with Crippen LogP contribution in [0, 0.1) is 5.41 Å². The molecule has 0 aromatic rings. The highest BCUT2D eigenvalue weighted by molar-refractivity contribution is 4.93. The summed E-state index contributed by atoms with van der Waals surface area (Å²) < 4.78 is 0. The zero-order valence-corrected chi connectivity index (χ0v) is 14.1. The van der Waals surface area contributed by atoms with Crippen molar-refractivity contribution in [3.05, 3.63) is 0 Å². The molecular formula is C16H36N2. The number of nitrogens with one attached hydrogen (secondary N) is 1. The highest BCUT2D eigenvalue weighted by Crippen LogP contribution is 2.27. The minimum atomic E-state index is 0.227. The third kappa shape index (κ3) is 5.71. The molecule has 0 heterocycles. The Labute approximate surface area is 116 Å². The van der Waals surface area contributed by atoms with E-state index < -0.39 is 0 Å². The molecule has 1 N–H and O–H groups in total. The molecule has 0 saturated carbocycles. The fourth-order valence-corrected chi connectivity index (χ4v) is 2.79. The Kier molecular flexibility index (Phi) is 7.46. The van der Waals surface area contributed by atoms with Crippen molar-refractivity contribution in [1.82, 2.24) is 10.2 Å². The largest absolute Gasteiger partial charge is 0.312 e. The molecule has 0 aliphatic carbocycles. The number of likely N-dealkylation sites (N-methyl/N-ethyl adjacent to an activating group) is 2. The predicted octanol–water partition coefficient (Wildman–Crippen LogP) is 3.91. The lowest BCUT2D eigenvalue weighted by molar-refractivity contribution is 0.0828. The molecule has 0 aliphatic heterocycles. The first-order chi connectivity index (χ1) is 8.19. The first kappa shape index (κ1) is 17.9. The smallest absolute Gasteiger partial charge is 0.0306 e. The Morgan fingerprint density at radius 3 is 1.78 bits per heavy atom. The summed E-state index contributed by atoms with van der Waals surface area (Å²) in [6.07, 6.45) is 2.52. The fourth-order valence-electron chi connectivity index (χ4n) is 2.79. The summed E-state index contributed by atoms with van der Waals surface area (Å²) in [5.41, 5.74) is 0.651. The van der Waals surface area contributed by atoms with Crippen LogP contribution in [-0.2, 0) is 0 Å². The highest BCUT2D eigenvalue weighted by Gasteiger charge is 2.33. The topological polar surface area (TPSA) is 15.3 Å². The van der Waals surface area contributed by atoms with Gasteiger partial charge in [-0.15, -0.1) is 0 Å². The van der Waals surface area contributed by atoms with Crippen molar-refractivity contribution >= 4 is 0 Å². The van der Waals surface area contributed by atoms with Gasteiger partial charge >= 0.3 is 0 Å². The molecule has 2 heteroatoms. The second-order valence-corrected chi connectivity index (χ2v) is 7.04. The van der Waals surface area contributed by atoms with E-state index in [1.807, 2.05) is 0 Å². The number of hydrogen-bond acceptors (Lipinski definition) is 2. The lowest BCUT2D eigenvalue weighted by Gasteiger charge is -2.44. The molecular weight excluding hydrogens is 220 g/mol. The van der Waals surface area contributed by atoms with Crippen molar-refractivity contribution in [2.24, 2.45) is 5.41 Å². The molecule has 0 fully saturated rings. The van der Waals surface area contributed by atoms with Crippen LogP contribution in [0.3, 0.4) is 0 Å². The van der Waals surface area contributed by atoms with Gasteiger partial charge in [-0.05, 0) is 51.7 Å². The molecule has 110 valence electrons.